The number of carboxylic acid groups (broad SMARTS) is 1. The molecule has 0 aliphatic heterocycles. The van der Waals surface area contributed by atoms with E-state index in [1.54, 1.807) is 0 Å². The van der Waals surface area contributed by atoms with Crippen LogP contribution in [-0.2, 0) is 4.79 Å². The van der Waals surface area contributed by atoms with Gasteiger partial charge in [-0.1, -0.05) is 20.3 Å². The fourth-order valence-corrected chi connectivity index (χ4v) is 1.23. The van der Waals surface area contributed by atoms with E-state index in [4.69, 9.17) is 5.11 Å². The summed E-state index contributed by atoms with van der Waals surface area (Å²) in [5.41, 5.74) is -3.30. The van der Waals surface area contributed by atoms with E-state index in [-0.39, 0.29) is 12.5 Å². The van der Waals surface area contributed by atoms with Crippen molar-refractivity contribution >= 4 is 12.0 Å². The summed E-state index contributed by atoms with van der Waals surface area (Å²) >= 11 is 0. The first-order valence-electron chi connectivity index (χ1n) is 5.79. The van der Waals surface area contributed by atoms with Crippen molar-refractivity contribution in [3.05, 3.63) is 0 Å². The topological polar surface area (TPSA) is 69.6 Å². The summed E-state index contributed by atoms with van der Waals surface area (Å²) in [5, 5.41) is 10.2. The second-order valence-corrected chi connectivity index (χ2v) is 4.75. The molecule has 2 N–H and O–H groups in total. The Morgan fingerprint density at radius 2 is 1.84 bits per heavy atom. The van der Waals surface area contributed by atoms with Crippen LogP contribution in [0, 0.1) is 5.92 Å². The summed E-state index contributed by atoms with van der Waals surface area (Å²) in [6.07, 6.45) is -4.32. The highest BCUT2D eigenvalue weighted by molar-refractivity contribution is 5.86. The smallest absolute Gasteiger partial charge is 0.422 e. The Morgan fingerprint density at radius 1 is 1.37 bits per heavy atom. The Labute approximate surface area is 109 Å². The Bertz CT molecular complexity index is 347. The summed E-state index contributed by atoms with van der Waals surface area (Å²) < 4.78 is 38.1. The molecule has 0 saturated carbocycles. The van der Waals surface area contributed by atoms with Gasteiger partial charge in [-0.2, -0.15) is 13.2 Å². The van der Waals surface area contributed by atoms with Crippen molar-refractivity contribution in [2.45, 2.75) is 38.9 Å². The summed E-state index contributed by atoms with van der Waals surface area (Å²) in [6, 6.07) is -1.07. The van der Waals surface area contributed by atoms with Gasteiger partial charge in [0.25, 0.3) is 0 Å². The zero-order valence-corrected chi connectivity index (χ0v) is 11.3. The predicted molar refractivity (Wildman–Crippen MR) is 62.7 cm³/mol. The van der Waals surface area contributed by atoms with Gasteiger partial charge in [-0.15, -0.1) is 0 Å². The van der Waals surface area contributed by atoms with E-state index in [0.29, 0.717) is 6.92 Å². The predicted octanol–water partition coefficient (Wildman–Crippen LogP) is 2.08. The first kappa shape index (κ1) is 17.5. The maximum Gasteiger partial charge on any atom is 0.422 e. The van der Waals surface area contributed by atoms with Crippen LogP contribution in [-0.4, -0.2) is 47.3 Å². The van der Waals surface area contributed by atoms with E-state index >= 15 is 0 Å². The molecular formula is C11H19F3N2O3. The molecular weight excluding hydrogens is 265 g/mol. The van der Waals surface area contributed by atoms with Gasteiger partial charge in [0, 0.05) is 13.6 Å². The van der Waals surface area contributed by atoms with E-state index in [9.17, 15) is 22.8 Å². The number of urea groups is 1. The van der Waals surface area contributed by atoms with Crippen LogP contribution in [0.1, 0.15) is 27.2 Å². The van der Waals surface area contributed by atoms with Crippen LogP contribution in [0.15, 0.2) is 0 Å². The third kappa shape index (κ3) is 4.29. The van der Waals surface area contributed by atoms with Crippen LogP contribution in [0.3, 0.4) is 0 Å². The van der Waals surface area contributed by atoms with E-state index in [0.717, 1.165) is 11.3 Å². The monoisotopic (exact) mass is 284 g/mol. The van der Waals surface area contributed by atoms with Crippen molar-refractivity contribution in [1.82, 2.24) is 10.2 Å². The molecule has 112 valence electrons. The van der Waals surface area contributed by atoms with Crippen molar-refractivity contribution in [1.29, 1.82) is 0 Å². The van der Waals surface area contributed by atoms with Crippen LogP contribution in [0.25, 0.3) is 0 Å². The summed E-state index contributed by atoms with van der Waals surface area (Å²) in [5.74, 6) is -2.04. The average molecular weight is 284 g/mol. The van der Waals surface area contributed by atoms with Gasteiger partial charge in [-0.05, 0) is 12.8 Å². The number of alkyl halides is 3. The van der Waals surface area contributed by atoms with Crippen LogP contribution in [0.5, 0.6) is 0 Å². The normalized spacial score (nSPS) is 16.4. The molecule has 19 heavy (non-hydrogen) atoms. The molecule has 2 amide bonds. The molecule has 0 heterocycles. The first-order valence-corrected chi connectivity index (χ1v) is 5.79. The molecule has 2 unspecified atom stereocenters. The van der Waals surface area contributed by atoms with Gasteiger partial charge >= 0.3 is 18.2 Å². The SMILES string of the molecule is CCC(C)CN(C)C(=O)NC(C)(C(=O)O)C(F)(F)F. The minimum Gasteiger partial charge on any atom is -0.479 e. The van der Waals surface area contributed by atoms with E-state index in [2.05, 4.69) is 0 Å². The molecule has 0 rings (SSSR count). The van der Waals surface area contributed by atoms with Crippen LogP contribution >= 0.6 is 0 Å². The maximum atomic E-state index is 12.7. The highest BCUT2D eigenvalue weighted by Gasteiger charge is 2.58. The Hall–Kier alpha value is -1.47. The lowest BCUT2D eigenvalue weighted by atomic mass is 10.0. The van der Waals surface area contributed by atoms with Gasteiger partial charge in [0.2, 0.25) is 5.54 Å². The van der Waals surface area contributed by atoms with Crippen LogP contribution < -0.4 is 5.32 Å². The van der Waals surface area contributed by atoms with Gasteiger partial charge in [0.1, 0.15) is 0 Å². The van der Waals surface area contributed by atoms with E-state index < -0.39 is 23.7 Å². The Kier molecular flexibility index (Phi) is 5.64. The van der Waals surface area contributed by atoms with Gasteiger partial charge in [-0.3, -0.25) is 0 Å². The second kappa shape index (κ2) is 6.12. The maximum absolute atomic E-state index is 12.7. The molecule has 0 fully saturated rings. The molecule has 0 bridgehead atoms. The highest BCUT2D eigenvalue weighted by Crippen LogP contribution is 2.30. The molecule has 0 radical (unpaired) electrons. The summed E-state index contributed by atoms with van der Waals surface area (Å²) in [7, 11) is 1.32. The standard InChI is InChI=1S/C11H19F3N2O3/c1-5-7(2)6-16(4)9(19)15-10(3,8(17)18)11(12,13)14/h7H,5-6H2,1-4H3,(H,15,19)(H,17,18). The molecule has 0 saturated heterocycles. The molecule has 0 spiro atoms. The van der Waals surface area contributed by atoms with Crippen LogP contribution in [0.2, 0.25) is 0 Å². The number of amides is 2. The molecule has 5 nitrogen and oxygen atoms in total. The third-order valence-corrected chi connectivity index (χ3v) is 2.98. The summed E-state index contributed by atoms with van der Waals surface area (Å²) in [6.45, 7) is 4.39. The second-order valence-electron chi connectivity index (χ2n) is 4.75. The fraction of sp³-hybridized carbons (Fsp3) is 0.818. The van der Waals surface area contributed by atoms with E-state index in [1.165, 1.54) is 12.4 Å². The number of nitrogens with zero attached hydrogens (tertiary/aromatic N) is 1. The lowest BCUT2D eigenvalue weighted by Gasteiger charge is -2.31. The number of carboxylic acids is 1. The largest absolute Gasteiger partial charge is 0.479 e. The molecule has 0 aliphatic carbocycles. The molecule has 2 atom stereocenters. The van der Waals surface area contributed by atoms with Crippen LogP contribution in [0.4, 0.5) is 18.0 Å². The number of halogens is 3. The third-order valence-electron chi connectivity index (χ3n) is 2.98. The van der Waals surface area contributed by atoms with Gasteiger partial charge in [0.05, 0.1) is 0 Å². The molecule has 0 aromatic carbocycles. The van der Waals surface area contributed by atoms with Gasteiger partial charge in [0.15, 0.2) is 0 Å². The minimum absolute atomic E-state index is 0.109. The zero-order valence-electron chi connectivity index (χ0n) is 11.3. The summed E-state index contributed by atoms with van der Waals surface area (Å²) in [4.78, 5) is 23.4. The molecule has 8 heteroatoms. The van der Waals surface area contributed by atoms with Crippen molar-refractivity contribution < 1.29 is 27.9 Å². The van der Waals surface area contributed by atoms with E-state index in [1.807, 2.05) is 13.8 Å². The average Bonchev–Trinajstić information content (AvgIpc) is 2.26. The van der Waals surface area contributed by atoms with Crippen molar-refractivity contribution in [3.8, 4) is 0 Å². The number of carbonyl (C=O) groups excluding carboxylic acids is 1. The Balaban J connectivity index is 4.89. The minimum atomic E-state index is -5.08. The zero-order chi connectivity index (χ0) is 15.4. The van der Waals surface area contributed by atoms with Crippen molar-refractivity contribution in [3.63, 3.8) is 0 Å². The number of hydrogen-bond acceptors (Lipinski definition) is 2. The number of carbonyl (C=O) groups is 2. The Morgan fingerprint density at radius 3 is 2.16 bits per heavy atom. The fourth-order valence-electron chi connectivity index (χ4n) is 1.23. The number of nitrogens with one attached hydrogen (secondary N) is 1. The molecule has 0 aliphatic rings. The molecule has 0 aromatic heterocycles. The lowest BCUT2D eigenvalue weighted by molar-refractivity contribution is -0.203. The number of rotatable bonds is 5. The number of aliphatic carboxylic acids is 1. The first-order chi connectivity index (χ1) is 8.45. The van der Waals surface area contributed by atoms with Gasteiger partial charge < -0.3 is 15.3 Å². The van der Waals surface area contributed by atoms with Gasteiger partial charge in [-0.25, -0.2) is 9.59 Å². The lowest BCUT2D eigenvalue weighted by Crippen LogP contribution is -2.63. The molecule has 0 aromatic rings. The highest BCUT2D eigenvalue weighted by atomic mass is 19.4. The quantitative estimate of drug-likeness (QED) is 0.812. The van der Waals surface area contributed by atoms with Crippen molar-refractivity contribution in [2.24, 2.45) is 5.92 Å². The number of hydrogen-bond donors (Lipinski definition) is 2. The van der Waals surface area contributed by atoms with Crippen molar-refractivity contribution in [2.75, 3.05) is 13.6 Å².